The Morgan fingerprint density at radius 2 is 1.73 bits per heavy atom. The van der Waals surface area contributed by atoms with Gasteiger partial charge in [0.1, 0.15) is 18.3 Å². The van der Waals surface area contributed by atoms with Gasteiger partial charge in [-0.3, -0.25) is 0 Å². The van der Waals surface area contributed by atoms with Gasteiger partial charge in [-0.25, -0.2) is 0 Å². The van der Waals surface area contributed by atoms with Crippen molar-refractivity contribution in [2.24, 2.45) is 0 Å². The number of rotatable bonds is 9. The maximum Gasteiger partial charge on any atom is 0.161 e. The summed E-state index contributed by atoms with van der Waals surface area (Å²) < 4.78 is 17.1. The average Bonchev–Trinajstić information content (AvgIpc) is 2.84. The highest BCUT2D eigenvalue weighted by Crippen LogP contribution is 2.36. The molecule has 1 aliphatic heterocycles. The van der Waals surface area contributed by atoms with Crippen LogP contribution in [0.3, 0.4) is 0 Å². The van der Waals surface area contributed by atoms with Crippen molar-refractivity contribution in [3.05, 3.63) is 87.9 Å². The molecule has 4 rings (SSSR count). The number of ether oxygens (including phenoxy) is 3. The van der Waals surface area contributed by atoms with Gasteiger partial charge in [-0.15, -0.1) is 0 Å². The average molecular weight is 467 g/mol. The lowest BCUT2D eigenvalue weighted by atomic mass is 9.87. The van der Waals surface area contributed by atoms with E-state index >= 15 is 0 Å². The molecule has 5 heteroatoms. The molecule has 0 radical (unpaired) electrons. The fourth-order valence-electron chi connectivity index (χ4n) is 4.67. The number of hydrogen-bond acceptors (Lipinski definition) is 3. The van der Waals surface area contributed by atoms with Crippen LogP contribution < -0.4 is 19.1 Å². The first kappa shape index (κ1) is 23.5. The summed E-state index contributed by atoms with van der Waals surface area (Å²) in [7, 11) is 3.38. The van der Waals surface area contributed by atoms with Crippen molar-refractivity contribution in [3.8, 4) is 17.2 Å². The quantitative estimate of drug-likeness (QED) is 0.436. The molecule has 1 N–H and O–H groups in total. The first-order valence-electron chi connectivity index (χ1n) is 11.7. The largest absolute Gasteiger partial charge is 0.494 e. The van der Waals surface area contributed by atoms with E-state index in [2.05, 4.69) is 55.5 Å². The Morgan fingerprint density at radius 3 is 2.42 bits per heavy atom. The summed E-state index contributed by atoms with van der Waals surface area (Å²) >= 11 is 6.41. The number of unbranched alkanes of at least 4 members (excludes halogenated alkanes) is 1. The summed E-state index contributed by atoms with van der Waals surface area (Å²) in [6.07, 6.45) is 3.20. The summed E-state index contributed by atoms with van der Waals surface area (Å²) in [5.41, 5.74) is 5.09. The van der Waals surface area contributed by atoms with Crippen LogP contribution in [0.2, 0.25) is 5.02 Å². The predicted molar refractivity (Wildman–Crippen MR) is 133 cm³/mol. The Bertz CT molecular complexity index is 1070. The Hall–Kier alpha value is -2.69. The Morgan fingerprint density at radius 1 is 0.970 bits per heavy atom. The van der Waals surface area contributed by atoms with Crippen LogP contribution in [0.4, 0.5) is 0 Å². The van der Waals surface area contributed by atoms with Gasteiger partial charge in [0.05, 0.1) is 27.4 Å². The van der Waals surface area contributed by atoms with E-state index in [1.807, 2.05) is 12.1 Å². The summed E-state index contributed by atoms with van der Waals surface area (Å²) in [6.45, 7) is 4.88. The zero-order valence-electron chi connectivity index (χ0n) is 19.7. The molecule has 1 heterocycles. The topological polar surface area (TPSA) is 32.1 Å². The van der Waals surface area contributed by atoms with Crippen LogP contribution in [0.25, 0.3) is 0 Å². The molecule has 1 aliphatic rings. The second kappa shape index (κ2) is 11.0. The van der Waals surface area contributed by atoms with Gasteiger partial charge >= 0.3 is 0 Å². The van der Waals surface area contributed by atoms with E-state index in [-0.39, 0.29) is 6.04 Å². The standard InChI is InChI=1S/C28H32ClNO3/c1-4-5-15-33-24-11-9-20(10-12-24)19-30-14-13-21-17-26(31-2)27(32-3)18-25(21)28(30)22-7-6-8-23(29)16-22/h6-12,16-18,28H,4-5,13-15,19H2,1-3H3/p+1/t28-/m0/s1. The number of methoxy groups -OCH3 is 2. The van der Waals surface area contributed by atoms with Gasteiger partial charge in [0.2, 0.25) is 0 Å². The predicted octanol–water partition coefficient (Wildman–Crippen LogP) is 5.27. The van der Waals surface area contributed by atoms with Gasteiger partial charge in [-0.05, 0) is 60.5 Å². The van der Waals surface area contributed by atoms with Gasteiger partial charge in [-0.1, -0.05) is 37.1 Å². The molecule has 0 spiro atoms. The summed E-state index contributed by atoms with van der Waals surface area (Å²) in [4.78, 5) is 1.48. The molecule has 4 nitrogen and oxygen atoms in total. The molecule has 0 aliphatic carbocycles. The second-order valence-electron chi connectivity index (χ2n) is 8.58. The fraction of sp³-hybridized carbons (Fsp3) is 0.357. The molecule has 174 valence electrons. The highest BCUT2D eigenvalue weighted by Gasteiger charge is 2.34. The third kappa shape index (κ3) is 5.45. The molecule has 1 unspecified atom stereocenters. The van der Waals surface area contributed by atoms with E-state index < -0.39 is 0 Å². The molecule has 0 amide bonds. The maximum atomic E-state index is 6.41. The minimum absolute atomic E-state index is 0.160. The zero-order chi connectivity index (χ0) is 23.2. The molecule has 3 aromatic rings. The smallest absolute Gasteiger partial charge is 0.161 e. The maximum absolute atomic E-state index is 6.41. The number of hydrogen-bond donors (Lipinski definition) is 1. The van der Waals surface area contributed by atoms with Crippen molar-refractivity contribution in [3.63, 3.8) is 0 Å². The van der Waals surface area contributed by atoms with Crippen LogP contribution >= 0.6 is 11.6 Å². The molecule has 0 saturated heterocycles. The lowest BCUT2D eigenvalue weighted by Gasteiger charge is -2.35. The van der Waals surface area contributed by atoms with E-state index in [4.69, 9.17) is 25.8 Å². The van der Waals surface area contributed by atoms with Crippen molar-refractivity contribution in [2.45, 2.75) is 38.8 Å². The minimum atomic E-state index is 0.160. The van der Waals surface area contributed by atoms with Gasteiger partial charge in [0.15, 0.2) is 11.5 Å². The van der Waals surface area contributed by atoms with Crippen molar-refractivity contribution in [2.75, 3.05) is 27.4 Å². The normalized spacial score (nSPS) is 17.3. The number of quaternary nitrogens is 1. The lowest BCUT2D eigenvalue weighted by Crippen LogP contribution is -3.12. The van der Waals surface area contributed by atoms with Crippen molar-refractivity contribution in [1.29, 1.82) is 0 Å². The number of fused-ring (bicyclic) bond motifs is 1. The summed E-state index contributed by atoms with van der Waals surface area (Å²) in [5.74, 6) is 2.48. The lowest BCUT2D eigenvalue weighted by molar-refractivity contribution is -0.941. The fourth-order valence-corrected chi connectivity index (χ4v) is 4.87. The third-order valence-electron chi connectivity index (χ3n) is 6.38. The molecular weight excluding hydrogens is 434 g/mol. The number of benzene rings is 3. The highest BCUT2D eigenvalue weighted by molar-refractivity contribution is 6.30. The van der Waals surface area contributed by atoms with E-state index in [0.29, 0.717) is 0 Å². The Balaban J connectivity index is 1.65. The number of halogens is 1. The highest BCUT2D eigenvalue weighted by atomic mass is 35.5. The first-order valence-corrected chi connectivity index (χ1v) is 12.1. The molecular formula is C28H33ClNO3+. The van der Waals surface area contributed by atoms with Crippen molar-refractivity contribution < 1.29 is 19.1 Å². The zero-order valence-corrected chi connectivity index (χ0v) is 20.5. The van der Waals surface area contributed by atoms with E-state index in [9.17, 15) is 0 Å². The molecule has 0 fully saturated rings. The molecule has 0 aromatic heterocycles. The number of nitrogens with one attached hydrogen (secondary N) is 1. The van der Waals surface area contributed by atoms with Crippen LogP contribution in [-0.4, -0.2) is 27.4 Å². The summed E-state index contributed by atoms with van der Waals surface area (Å²) in [5, 5.41) is 0.757. The molecule has 3 aromatic carbocycles. The van der Waals surface area contributed by atoms with Crippen LogP contribution in [0.5, 0.6) is 17.2 Å². The van der Waals surface area contributed by atoms with Crippen LogP contribution in [0.1, 0.15) is 48.1 Å². The Kier molecular flexibility index (Phi) is 7.79. The Labute approximate surface area is 202 Å². The second-order valence-corrected chi connectivity index (χ2v) is 9.01. The van der Waals surface area contributed by atoms with Gasteiger partial charge in [-0.2, -0.15) is 0 Å². The van der Waals surface area contributed by atoms with Crippen molar-refractivity contribution >= 4 is 11.6 Å². The summed E-state index contributed by atoms with van der Waals surface area (Å²) in [6, 6.07) is 21.2. The van der Waals surface area contributed by atoms with Crippen molar-refractivity contribution in [1.82, 2.24) is 0 Å². The van der Waals surface area contributed by atoms with Gasteiger partial charge in [0, 0.05) is 28.1 Å². The third-order valence-corrected chi connectivity index (χ3v) is 6.62. The van der Waals surface area contributed by atoms with E-state index in [1.54, 1.807) is 14.2 Å². The minimum Gasteiger partial charge on any atom is -0.494 e. The first-order chi connectivity index (χ1) is 16.1. The molecule has 0 saturated carbocycles. The molecule has 0 bridgehead atoms. The molecule has 2 atom stereocenters. The van der Waals surface area contributed by atoms with Crippen LogP contribution in [-0.2, 0) is 13.0 Å². The van der Waals surface area contributed by atoms with Crippen LogP contribution in [0.15, 0.2) is 60.7 Å². The van der Waals surface area contributed by atoms with E-state index in [1.165, 1.54) is 27.2 Å². The van der Waals surface area contributed by atoms with Gasteiger partial charge in [0.25, 0.3) is 0 Å². The SMILES string of the molecule is CCCCOc1ccc(C[NH+]2CCc3cc(OC)c(OC)cc3[C@@H]2c2cccc(Cl)c2)cc1. The van der Waals surface area contributed by atoms with Crippen LogP contribution in [0, 0.1) is 0 Å². The van der Waals surface area contributed by atoms with Gasteiger partial charge < -0.3 is 19.1 Å². The monoisotopic (exact) mass is 466 g/mol. The molecule has 33 heavy (non-hydrogen) atoms. The van der Waals surface area contributed by atoms with E-state index in [0.717, 1.165) is 61.2 Å².